The Morgan fingerprint density at radius 2 is 1.59 bits per heavy atom. The largest absolute Gasteiger partial charge is 0.346 e. The average Bonchev–Trinajstić information content (AvgIpc) is 3.28. The van der Waals surface area contributed by atoms with Crippen molar-refractivity contribution in [3.05, 3.63) is 112 Å². The lowest BCUT2D eigenvalue weighted by molar-refractivity contribution is -0.384. The van der Waals surface area contributed by atoms with E-state index in [-0.39, 0.29) is 18.0 Å². The molecule has 0 saturated carbocycles. The van der Waals surface area contributed by atoms with Gasteiger partial charge >= 0.3 is 0 Å². The second-order valence-electron chi connectivity index (χ2n) is 7.68. The maximum absolute atomic E-state index is 12.6. The Balaban J connectivity index is 1.59. The van der Waals surface area contributed by atoms with Crippen LogP contribution in [-0.2, 0) is 17.0 Å². The first-order valence-corrected chi connectivity index (χ1v) is 11.7. The molecule has 3 aromatic carbocycles. The number of nitro groups is 1. The Kier molecular flexibility index (Phi) is 7.34. The van der Waals surface area contributed by atoms with Gasteiger partial charge in [-0.2, -0.15) is 0 Å². The number of amides is 1. The summed E-state index contributed by atoms with van der Waals surface area (Å²) in [5.74, 6) is 1.10. The molecular weight excluding hydrogens is 450 g/mol. The van der Waals surface area contributed by atoms with Crippen molar-refractivity contribution >= 4 is 23.4 Å². The van der Waals surface area contributed by atoms with Crippen LogP contribution in [0, 0.1) is 10.1 Å². The predicted octanol–water partition coefficient (Wildman–Crippen LogP) is 4.89. The normalized spacial score (nSPS) is 11.7. The minimum Gasteiger partial charge on any atom is -0.346 e. The molecular formula is C25H23N5O3S. The number of rotatable bonds is 9. The number of carbonyl (C=O) groups is 1. The SMILES string of the molecule is CC(NC(=O)Cc1ccccc1)c1nnc(SCc2ccccc2)n1-c1ccc([N+](=O)[O-])cc1. The number of non-ortho nitro benzene ring substituents is 1. The summed E-state index contributed by atoms with van der Waals surface area (Å²) in [5.41, 5.74) is 2.74. The maximum Gasteiger partial charge on any atom is 0.269 e. The quantitative estimate of drug-likeness (QED) is 0.211. The molecule has 34 heavy (non-hydrogen) atoms. The molecule has 0 fully saturated rings. The van der Waals surface area contributed by atoms with Crippen LogP contribution in [0.2, 0.25) is 0 Å². The van der Waals surface area contributed by atoms with Gasteiger partial charge in [0.15, 0.2) is 11.0 Å². The molecule has 1 aromatic heterocycles. The number of aromatic nitrogens is 3. The zero-order valence-electron chi connectivity index (χ0n) is 18.5. The lowest BCUT2D eigenvalue weighted by atomic mass is 10.1. The molecule has 0 aliphatic carbocycles. The van der Waals surface area contributed by atoms with E-state index in [2.05, 4.69) is 15.5 Å². The molecule has 1 atom stereocenters. The van der Waals surface area contributed by atoms with Crippen molar-refractivity contribution in [2.75, 3.05) is 0 Å². The molecule has 0 aliphatic rings. The fourth-order valence-electron chi connectivity index (χ4n) is 3.48. The smallest absolute Gasteiger partial charge is 0.269 e. The van der Waals surface area contributed by atoms with E-state index in [0.717, 1.165) is 11.1 Å². The molecule has 1 amide bonds. The summed E-state index contributed by atoms with van der Waals surface area (Å²) in [6.45, 7) is 1.85. The third kappa shape index (κ3) is 5.68. The minimum absolute atomic E-state index is 0.000996. The zero-order valence-corrected chi connectivity index (χ0v) is 19.3. The third-order valence-electron chi connectivity index (χ3n) is 5.16. The topological polar surface area (TPSA) is 103 Å². The fraction of sp³-hybridized carbons (Fsp3) is 0.160. The van der Waals surface area contributed by atoms with Crippen LogP contribution in [0.3, 0.4) is 0 Å². The standard InChI is InChI=1S/C25H23N5O3S/c1-18(26-23(31)16-19-8-4-2-5-9-19)24-27-28-25(34-17-20-10-6-3-7-11-20)29(24)21-12-14-22(15-13-21)30(32)33/h2-15,18H,16-17H2,1H3,(H,26,31). The van der Waals surface area contributed by atoms with Gasteiger partial charge in [0, 0.05) is 23.6 Å². The number of benzene rings is 3. The highest BCUT2D eigenvalue weighted by atomic mass is 32.2. The van der Waals surface area contributed by atoms with E-state index >= 15 is 0 Å². The molecule has 1 heterocycles. The van der Waals surface area contributed by atoms with Gasteiger partial charge in [-0.05, 0) is 30.2 Å². The highest BCUT2D eigenvalue weighted by Gasteiger charge is 2.22. The number of hydrogen-bond donors (Lipinski definition) is 1. The molecule has 0 spiro atoms. The highest BCUT2D eigenvalue weighted by molar-refractivity contribution is 7.98. The van der Waals surface area contributed by atoms with Crippen LogP contribution in [-0.4, -0.2) is 25.6 Å². The third-order valence-corrected chi connectivity index (χ3v) is 6.16. The second-order valence-corrected chi connectivity index (χ2v) is 8.62. The second kappa shape index (κ2) is 10.8. The summed E-state index contributed by atoms with van der Waals surface area (Å²) in [6.07, 6.45) is 0.256. The van der Waals surface area contributed by atoms with Crippen molar-refractivity contribution < 1.29 is 9.72 Å². The first kappa shape index (κ1) is 23.2. The van der Waals surface area contributed by atoms with Crippen LogP contribution in [0.15, 0.2) is 90.1 Å². The van der Waals surface area contributed by atoms with Crippen LogP contribution in [0.25, 0.3) is 5.69 Å². The highest BCUT2D eigenvalue weighted by Crippen LogP contribution is 2.28. The van der Waals surface area contributed by atoms with Crippen molar-refractivity contribution in [2.24, 2.45) is 0 Å². The maximum atomic E-state index is 12.6. The van der Waals surface area contributed by atoms with Gasteiger partial charge < -0.3 is 5.32 Å². The van der Waals surface area contributed by atoms with Crippen molar-refractivity contribution in [3.8, 4) is 5.69 Å². The van der Waals surface area contributed by atoms with Gasteiger partial charge in [-0.1, -0.05) is 72.4 Å². The van der Waals surface area contributed by atoms with Gasteiger partial charge in [0.25, 0.3) is 5.69 Å². The Morgan fingerprint density at radius 1 is 0.971 bits per heavy atom. The van der Waals surface area contributed by atoms with Gasteiger partial charge in [0.1, 0.15) is 0 Å². The first-order valence-electron chi connectivity index (χ1n) is 10.7. The summed E-state index contributed by atoms with van der Waals surface area (Å²) in [6, 6.07) is 25.3. The van der Waals surface area contributed by atoms with Crippen molar-refractivity contribution in [1.82, 2.24) is 20.1 Å². The van der Waals surface area contributed by atoms with E-state index in [9.17, 15) is 14.9 Å². The average molecular weight is 474 g/mol. The summed E-state index contributed by atoms with van der Waals surface area (Å²) in [5, 5.41) is 23.5. The van der Waals surface area contributed by atoms with Crippen LogP contribution in [0.4, 0.5) is 5.69 Å². The first-order chi connectivity index (χ1) is 16.5. The summed E-state index contributed by atoms with van der Waals surface area (Å²) >= 11 is 1.51. The number of thioether (sulfide) groups is 1. The molecule has 0 radical (unpaired) electrons. The van der Waals surface area contributed by atoms with Crippen molar-refractivity contribution in [1.29, 1.82) is 0 Å². The van der Waals surface area contributed by atoms with Crippen LogP contribution >= 0.6 is 11.8 Å². The monoisotopic (exact) mass is 473 g/mol. The van der Waals surface area contributed by atoms with E-state index in [0.29, 0.717) is 22.4 Å². The Labute approximate surface area is 201 Å². The van der Waals surface area contributed by atoms with E-state index in [1.165, 1.54) is 23.9 Å². The summed E-state index contributed by atoms with van der Waals surface area (Å²) in [7, 11) is 0. The van der Waals surface area contributed by atoms with Crippen LogP contribution in [0.1, 0.15) is 29.9 Å². The molecule has 1 N–H and O–H groups in total. The number of hydrogen-bond acceptors (Lipinski definition) is 6. The minimum atomic E-state index is -0.436. The Morgan fingerprint density at radius 3 is 2.21 bits per heavy atom. The van der Waals surface area contributed by atoms with Gasteiger partial charge in [-0.3, -0.25) is 19.5 Å². The molecule has 4 rings (SSSR count). The summed E-state index contributed by atoms with van der Waals surface area (Å²) < 4.78 is 1.84. The Bertz CT molecular complexity index is 1260. The van der Waals surface area contributed by atoms with E-state index in [1.807, 2.05) is 72.2 Å². The number of nitro benzene ring substituents is 1. The zero-order chi connectivity index (χ0) is 23.9. The van der Waals surface area contributed by atoms with Crippen LogP contribution in [0.5, 0.6) is 0 Å². The summed E-state index contributed by atoms with van der Waals surface area (Å²) in [4.78, 5) is 23.3. The molecule has 0 aliphatic heterocycles. The van der Waals surface area contributed by atoms with E-state index in [1.54, 1.807) is 12.1 Å². The number of carbonyl (C=O) groups excluding carboxylic acids is 1. The lowest BCUT2D eigenvalue weighted by Gasteiger charge is -2.16. The predicted molar refractivity (Wildman–Crippen MR) is 131 cm³/mol. The molecule has 8 nitrogen and oxygen atoms in total. The fourth-order valence-corrected chi connectivity index (χ4v) is 4.40. The number of nitrogens with one attached hydrogen (secondary N) is 1. The number of nitrogens with zero attached hydrogens (tertiary/aromatic N) is 4. The molecule has 4 aromatic rings. The molecule has 1 unspecified atom stereocenters. The van der Waals surface area contributed by atoms with Gasteiger partial charge in [0.2, 0.25) is 5.91 Å². The van der Waals surface area contributed by atoms with E-state index in [4.69, 9.17) is 0 Å². The Hall–Kier alpha value is -3.98. The molecule has 0 saturated heterocycles. The van der Waals surface area contributed by atoms with Crippen LogP contribution < -0.4 is 5.32 Å². The van der Waals surface area contributed by atoms with E-state index < -0.39 is 11.0 Å². The molecule has 172 valence electrons. The van der Waals surface area contributed by atoms with Gasteiger partial charge in [0.05, 0.1) is 17.4 Å². The van der Waals surface area contributed by atoms with Gasteiger partial charge in [-0.15, -0.1) is 10.2 Å². The van der Waals surface area contributed by atoms with Crippen molar-refractivity contribution in [3.63, 3.8) is 0 Å². The molecule has 0 bridgehead atoms. The lowest BCUT2D eigenvalue weighted by Crippen LogP contribution is -2.29. The van der Waals surface area contributed by atoms with Gasteiger partial charge in [-0.25, -0.2) is 0 Å². The van der Waals surface area contributed by atoms with Crippen molar-refractivity contribution in [2.45, 2.75) is 30.3 Å². The molecule has 9 heteroatoms.